The number of fused-ring (bicyclic) bond motifs is 5. The Balaban J connectivity index is 1.40. The van der Waals surface area contributed by atoms with Gasteiger partial charge in [-0.3, -0.25) is 9.59 Å². The van der Waals surface area contributed by atoms with Crippen LogP contribution in [-0.2, 0) is 19.1 Å². The summed E-state index contributed by atoms with van der Waals surface area (Å²) in [4.78, 5) is 24.3. The van der Waals surface area contributed by atoms with E-state index in [1.807, 2.05) is 13.8 Å². The van der Waals surface area contributed by atoms with Crippen LogP contribution in [0, 0.1) is 28.6 Å². The third-order valence-corrected chi connectivity index (χ3v) is 9.17. The fourth-order valence-electron chi connectivity index (χ4n) is 7.53. The Bertz CT molecular complexity index is 742. The highest BCUT2D eigenvalue weighted by Gasteiger charge is 2.59. The second kappa shape index (κ2) is 8.53. The summed E-state index contributed by atoms with van der Waals surface area (Å²) in [7, 11) is 0. The Morgan fingerprint density at radius 2 is 1.81 bits per heavy atom. The van der Waals surface area contributed by atoms with E-state index in [0.717, 1.165) is 44.9 Å². The average molecular weight is 433 g/mol. The van der Waals surface area contributed by atoms with Gasteiger partial charge in [-0.25, -0.2) is 0 Å². The first kappa shape index (κ1) is 22.8. The van der Waals surface area contributed by atoms with Gasteiger partial charge < -0.3 is 14.6 Å². The van der Waals surface area contributed by atoms with Crippen LogP contribution in [0.1, 0.15) is 91.9 Å². The van der Waals surface area contributed by atoms with Crippen LogP contribution in [0.15, 0.2) is 11.6 Å². The van der Waals surface area contributed by atoms with E-state index < -0.39 is 0 Å². The van der Waals surface area contributed by atoms with Gasteiger partial charge >= 0.3 is 11.9 Å². The number of aliphatic hydroxyl groups is 1. The third kappa shape index (κ3) is 4.19. The average Bonchev–Trinajstić information content (AvgIpc) is 3.03. The summed E-state index contributed by atoms with van der Waals surface area (Å²) in [5.74, 6) is 1.30. The van der Waals surface area contributed by atoms with Crippen molar-refractivity contribution in [2.45, 2.75) is 110 Å². The summed E-state index contributed by atoms with van der Waals surface area (Å²) in [5.41, 5.74) is 1.76. The van der Waals surface area contributed by atoms with Crippen LogP contribution in [0.25, 0.3) is 0 Å². The van der Waals surface area contributed by atoms with Gasteiger partial charge in [0.25, 0.3) is 0 Å². The maximum atomic E-state index is 12.5. The minimum Gasteiger partial charge on any atom is -0.463 e. The van der Waals surface area contributed by atoms with Gasteiger partial charge in [-0.05, 0) is 88.4 Å². The molecule has 4 rings (SSSR count). The first-order valence-electron chi connectivity index (χ1n) is 12.4. The number of carbonyl (C=O) groups is 2. The van der Waals surface area contributed by atoms with Gasteiger partial charge in [0, 0.05) is 5.41 Å². The van der Waals surface area contributed by atoms with Crippen molar-refractivity contribution >= 4 is 11.9 Å². The zero-order valence-electron chi connectivity index (χ0n) is 19.7. The summed E-state index contributed by atoms with van der Waals surface area (Å²) in [6.45, 7) is 8.39. The van der Waals surface area contributed by atoms with E-state index in [1.165, 1.54) is 12.0 Å². The van der Waals surface area contributed by atoms with Gasteiger partial charge in [0.1, 0.15) is 6.10 Å². The molecule has 174 valence electrons. The van der Waals surface area contributed by atoms with Crippen molar-refractivity contribution in [2.75, 3.05) is 0 Å². The normalized spacial score (nSPS) is 41.6. The highest BCUT2D eigenvalue weighted by Crippen LogP contribution is 2.65. The van der Waals surface area contributed by atoms with E-state index >= 15 is 0 Å². The van der Waals surface area contributed by atoms with Crippen LogP contribution in [0.5, 0.6) is 0 Å². The van der Waals surface area contributed by atoms with Gasteiger partial charge in [-0.15, -0.1) is 0 Å². The topological polar surface area (TPSA) is 72.8 Å². The minimum atomic E-state index is -0.335. The van der Waals surface area contributed by atoms with Gasteiger partial charge in [0.2, 0.25) is 0 Å². The fraction of sp³-hybridized carbons (Fsp3) is 0.846. The van der Waals surface area contributed by atoms with E-state index in [9.17, 15) is 14.7 Å². The van der Waals surface area contributed by atoms with Crippen molar-refractivity contribution in [1.82, 2.24) is 0 Å². The van der Waals surface area contributed by atoms with Crippen molar-refractivity contribution in [3.05, 3.63) is 11.6 Å². The number of ether oxygens (including phenoxy) is 2. The second-order valence-electron chi connectivity index (χ2n) is 11.3. The van der Waals surface area contributed by atoms with Crippen LogP contribution in [0.4, 0.5) is 0 Å². The van der Waals surface area contributed by atoms with Gasteiger partial charge in [0.05, 0.1) is 25.0 Å². The van der Waals surface area contributed by atoms with Crippen LogP contribution in [0.3, 0.4) is 0 Å². The fourth-order valence-corrected chi connectivity index (χ4v) is 7.53. The summed E-state index contributed by atoms with van der Waals surface area (Å²) in [5, 5.41) is 10.2. The molecule has 0 aromatic carbocycles. The zero-order chi connectivity index (χ0) is 22.4. The number of carbonyl (C=O) groups excluding carboxylic acids is 2. The van der Waals surface area contributed by atoms with Crippen molar-refractivity contribution in [3.63, 3.8) is 0 Å². The SMILES string of the molecule is CC(C)OC(=O)CCC(=O)O[C@H]1CC[C@H]2[C@@H]3CC=C4C[C@@H](O)CC[C@]4(C)[C@H]3CC[C@]12C. The summed E-state index contributed by atoms with van der Waals surface area (Å²) < 4.78 is 11.1. The lowest BCUT2D eigenvalue weighted by atomic mass is 9.48. The Morgan fingerprint density at radius 1 is 1.06 bits per heavy atom. The highest BCUT2D eigenvalue weighted by molar-refractivity contribution is 5.77. The number of aliphatic hydroxyl groups excluding tert-OH is 1. The predicted molar refractivity (Wildman–Crippen MR) is 118 cm³/mol. The first-order chi connectivity index (χ1) is 14.6. The van der Waals surface area contributed by atoms with E-state index in [-0.39, 0.29) is 53.9 Å². The van der Waals surface area contributed by atoms with Crippen LogP contribution in [0.2, 0.25) is 0 Å². The van der Waals surface area contributed by atoms with E-state index in [4.69, 9.17) is 9.47 Å². The summed E-state index contributed by atoms with van der Waals surface area (Å²) in [6.07, 6.45) is 10.5. The molecule has 5 heteroatoms. The molecular formula is C26H40O5. The zero-order valence-corrected chi connectivity index (χ0v) is 19.7. The second-order valence-corrected chi connectivity index (χ2v) is 11.3. The largest absolute Gasteiger partial charge is 0.463 e. The molecule has 1 N–H and O–H groups in total. The lowest BCUT2D eigenvalue weighted by Crippen LogP contribution is -2.51. The van der Waals surface area contributed by atoms with Crippen molar-refractivity contribution in [1.29, 1.82) is 0 Å². The molecule has 0 spiro atoms. The molecule has 4 aliphatic carbocycles. The smallest absolute Gasteiger partial charge is 0.306 e. The van der Waals surface area contributed by atoms with Crippen molar-refractivity contribution < 1.29 is 24.2 Å². The molecule has 4 aliphatic rings. The third-order valence-electron chi connectivity index (χ3n) is 9.17. The molecule has 0 aromatic heterocycles. The van der Waals surface area contributed by atoms with Crippen LogP contribution in [-0.4, -0.2) is 35.4 Å². The van der Waals surface area contributed by atoms with E-state index in [1.54, 1.807) is 0 Å². The molecule has 0 radical (unpaired) electrons. The molecule has 31 heavy (non-hydrogen) atoms. The Morgan fingerprint density at radius 3 is 2.55 bits per heavy atom. The van der Waals surface area contributed by atoms with Crippen LogP contribution >= 0.6 is 0 Å². The number of hydrogen-bond donors (Lipinski definition) is 1. The predicted octanol–water partition coefficient (Wildman–Crippen LogP) is 4.95. The number of allylic oxidation sites excluding steroid dienone is 1. The molecule has 0 bridgehead atoms. The lowest BCUT2D eigenvalue weighted by molar-refractivity contribution is -0.162. The highest BCUT2D eigenvalue weighted by atomic mass is 16.6. The van der Waals surface area contributed by atoms with E-state index in [2.05, 4.69) is 19.9 Å². The molecule has 0 unspecified atom stereocenters. The van der Waals surface area contributed by atoms with Gasteiger partial charge in [-0.1, -0.05) is 25.5 Å². The molecule has 0 aliphatic heterocycles. The number of rotatable bonds is 5. The van der Waals surface area contributed by atoms with Crippen molar-refractivity contribution in [3.8, 4) is 0 Å². The molecule has 0 heterocycles. The maximum Gasteiger partial charge on any atom is 0.306 e. The Kier molecular flexibility index (Phi) is 6.28. The van der Waals surface area contributed by atoms with E-state index in [0.29, 0.717) is 17.8 Å². The Hall–Kier alpha value is -1.36. The molecule has 3 fully saturated rings. The molecule has 0 amide bonds. The minimum absolute atomic E-state index is 0.0329. The molecule has 0 aromatic rings. The lowest BCUT2D eigenvalue weighted by Gasteiger charge is -2.57. The molecule has 0 saturated heterocycles. The quantitative estimate of drug-likeness (QED) is 0.491. The number of hydrogen-bond acceptors (Lipinski definition) is 5. The molecular weight excluding hydrogens is 392 g/mol. The maximum absolute atomic E-state index is 12.5. The van der Waals surface area contributed by atoms with Crippen LogP contribution < -0.4 is 0 Å². The molecule has 3 saturated carbocycles. The summed E-state index contributed by atoms with van der Waals surface area (Å²) >= 11 is 0. The summed E-state index contributed by atoms with van der Waals surface area (Å²) in [6, 6.07) is 0. The number of esters is 2. The molecule has 5 nitrogen and oxygen atoms in total. The first-order valence-corrected chi connectivity index (χ1v) is 12.4. The van der Waals surface area contributed by atoms with Crippen molar-refractivity contribution in [2.24, 2.45) is 28.6 Å². The Labute approximate surface area is 186 Å². The molecule has 7 atom stereocenters. The van der Waals surface area contributed by atoms with Gasteiger partial charge in [0.15, 0.2) is 0 Å². The standard InChI is InChI=1S/C26H40O5/c1-16(2)30-23(28)9-10-24(29)31-22-8-7-20-19-6-5-17-15-18(27)11-13-25(17,3)21(19)12-14-26(20,22)4/h5,16,18-22,27H,6-15H2,1-4H3/t18-,19-,20-,21-,22-,25-,26-/m0/s1. The van der Waals surface area contributed by atoms with Gasteiger partial charge in [-0.2, -0.15) is 0 Å². The monoisotopic (exact) mass is 432 g/mol.